The highest BCUT2D eigenvalue weighted by Gasteiger charge is 2.25. The van der Waals surface area contributed by atoms with Gasteiger partial charge in [-0.25, -0.2) is 9.79 Å². The van der Waals surface area contributed by atoms with E-state index >= 15 is 0 Å². The number of carbonyl (C=O) groups excluding carboxylic acids is 1. The van der Waals surface area contributed by atoms with Gasteiger partial charge in [-0.3, -0.25) is 0 Å². The average Bonchev–Trinajstić information content (AvgIpc) is 3.09. The van der Waals surface area contributed by atoms with Crippen LogP contribution in [0.3, 0.4) is 0 Å². The van der Waals surface area contributed by atoms with Crippen LogP contribution < -0.4 is 4.74 Å². The molecule has 144 valence electrons. The van der Waals surface area contributed by atoms with Gasteiger partial charge in [0.15, 0.2) is 5.70 Å². The topological polar surface area (TPSA) is 47.9 Å². The van der Waals surface area contributed by atoms with Gasteiger partial charge in [0.25, 0.3) is 0 Å². The van der Waals surface area contributed by atoms with E-state index in [2.05, 4.69) is 20.9 Å². The molecule has 0 saturated carbocycles. The molecular weight excluding hydrogens is 454 g/mol. The van der Waals surface area contributed by atoms with Crippen molar-refractivity contribution in [3.8, 4) is 5.75 Å². The monoisotopic (exact) mass is 467 g/mol. The maximum Gasteiger partial charge on any atom is 0.363 e. The molecule has 1 aliphatic rings. The minimum atomic E-state index is -0.477. The summed E-state index contributed by atoms with van der Waals surface area (Å²) >= 11 is 9.59. The molecule has 3 aromatic rings. The molecule has 0 N–H and O–H groups in total. The number of hydrogen-bond acceptors (Lipinski definition) is 4. The zero-order valence-corrected chi connectivity index (χ0v) is 17.5. The zero-order valence-electron chi connectivity index (χ0n) is 15.1. The quantitative estimate of drug-likeness (QED) is 0.339. The average molecular weight is 469 g/mol. The summed E-state index contributed by atoms with van der Waals surface area (Å²) in [5, 5.41) is 0.673. The lowest BCUT2D eigenvalue weighted by Crippen LogP contribution is -2.05. The predicted molar refractivity (Wildman–Crippen MR) is 117 cm³/mol. The molecule has 0 unspecified atom stereocenters. The van der Waals surface area contributed by atoms with Gasteiger partial charge in [0, 0.05) is 15.1 Å². The van der Waals surface area contributed by atoms with Crippen LogP contribution in [-0.4, -0.2) is 11.9 Å². The van der Waals surface area contributed by atoms with E-state index in [1.807, 2.05) is 72.8 Å². The fourth-order valence-electron chi connectivity index (χ4n) is 2.75. The van der Waals surface area contributed by atoms with Gasteiger partial charge in [0.1, 0.15) is 12.4 Å². The fraction of sp³-hybridized carbons (Fsp3) is 0.0435. The summed E-state index contributed by atoms with van der Waals surface area (Å²) in [6, 6.07) is 22.4. The zero-order chi connectivity index (χ0) is 20.2. The molecule has 6 heteroatoms. The van der Waals surface area contributed by atoms with Crippen molar-refractivity contribution in [3.05, 3.63) is 105 Å². The van der Waals surface area contributed by atoms with Gasteiger partial charge in [-0.05, 0) is 57.9 Å². The second-order valence-electron chi connectivity index (χ2n) is 6.27. The van der Waals surface area contributed by atoms with Crippen molar-refractivity contribution >= 4 is 45.5 Å². The van der Waals surface area contributed by atoms with Gasteiger partial charge >= 0.3 is 5.97 Å². The third-order valence-electron chi connectivity index (χ3n) is 4.26. The molecule has 1 aliphatic heterocycles. The first kappa shape index (κ1) is 19.4. The molecule has 0 atom stereocenters. The molecular formula is C23H15BrClNO3. The van der Waals surface area contributed by atoms with Crippen LogP contribution in [0.15, 0.2) is 88.0 Å². The van der Waals surface area contributed by atoms with Gasteiger partial charge in [0.05, 0.1) is 5.56 Å². The Hall–Kier alpha value is -2.89. The molecule has 4 nitrogen and oxygen atoms in total. The third-order valence-corrected chi connectivity index (χ3v) is 5.32. The van der Waals surface area contributed by atoms with Crippen molar-refractivity contribution in [2.75, 3.05) is 0 Å². The van der Waals surface area contributed by atoms with Crippen molar-refractivity contribution in [1.29, 1.82) is 0 Å². The molecule has 0 aromatic heterocycles. The largest absolute Gasteiger partial charge is 0.489 e. The first-order valence-electron chi connectivity index (χ1n) is 8.84. The van der Waals surface area contributed by atoms with Crippen molar-refractivity contribution < 1.29 is 14.3 Å². The summed E-state index contributed by atoms with van der Waals surface area (Å²) in [6.45, 7) is 0.381. The third kappa shape index (κ3) is 4.58. The number of rotatable bonds is 5. The van der Waals surface area contributed by atoms with Crippen LogP contribution in [-0.2, 0) is 16.1 Å². The van der Waals surface area contributed by atoms with Crippen LogP contribution in [0.1, 0.15) is 16.7 Å². The number of cyclic esters (lactones) is 1. The molecule has 0 radical (unpaired) electrons. The van der Waals surface area contributed by atoms with Crippen LogP contribution >= 0.6 is 27.5 Å². The minimum absolute atomic E-state index is 0.250. The van der Waals surface area contributed by atoms with Gasteiger partial charge in [0.2, 0.25) is 5.90 Å². The van der Waals surface area contributed by atoms with E-state index in [-0.39, 0.29) is 11.6 Å². The van der Waals surface area contributed by atoms with E-state index in [0.717, 1.165) is 21.2 Å². The molecule has 0 fully saturated rings. The molecule has 0 saturated heterocycles. The van der Waals surface area contributed by atoms with Gasteiger partial charge in [-0.1, -0.05) is 54.1 Å². The molecule has 0 aliphatic carbocycles. The highest BCUT2D eigenvalue weighted by molar-refractivity contribution is 9.10. The summed E-state index contributed by atoms with van der Waals surface area (Å²) < 4.78 is 11.9. The Kier molecular flexibility index (Phi) is 5.79. The Morgan fingerprint density at radius 1 is 1.00 bits per heavy atom. The maximum absolute atomic E-state index is 12.2. The van der Waals surface area contributed by atoms with Crippen LogP contribution in [0.5, 0.6) is 5.75 Å². The van der Waals surface area contributed by atoms with E-state index in [9.17, 15) is 4.79 Å². The Bertz CT molecular complexity index is 1120. The lowest BCUT2D eigenvalue weighted by atomic mass is 10.2. The van der Waals surface area contributed by atoms with Gasteiger partial charge < -0.3 is 9.47 Å². The summed E-state index contributed by atoms with van der Waals surface area (Å²) in [5.41, 5.74) is 2.72. The molecule has 0 amide bonds. The summed E-state index contributed by atoms with van der Waals surface area (Å²) in [7, 11) is 0. The molecule has 4 rings (SSSR count). The summed E-state index contributed by atoms with van der Waals surface area (Å²) in [5.74, 6) is 0.515. The van der Waals surface area contributed by atoms with Gasteiger partial charge in [-0.15, -0.1) is 0 Å². The second-order valence-corrected chi connectivity index (χ2v) is 7.53. The van der Waals surface area contributed by atoms with Crippen molar-refractivity contribution in [2.45, 2.75) is 6.61 Å². The van der Waals surface area contributed by atoms with Crippen molar-refractivity contribution in [2.24, 2.45) is 4.99 Å². The van der Waals surface area contributed by atoms with E-state index in [4.69, 9.17) is 21.1 Å². The number of aliphatic imine (C=N–C) groups is 1. The molecule has 0 bridgehead atoms. The first-order chi connectivity index (χ1) is 14.1. The van der Waals surface area contributed by atoms with E-state index in [1.54, 1.807) is 6.08 Å². The van der Waals surface area contributed by atoms with E-state index in [0.29, 0.717) is 17.4 Å². The summed E-state index contributed by atoms with van der Waals surface area (Å²) in [4.78, 5) is 16.5. The number of nitrogens with zero attached hydrogens (tertiary/aromatic N) is 1. The molecule has 0 spiro atoms. The number of carbonyl (C=O) groups is 1. The standard InChI is InChI=1S/C23H15BrClNO3/c24-19-7-3-2-6-18(19)22-26-21(23(27)29-22)13-15-9-11-17(12-10-15)28-14-16-5-1-4-8-20(16)25/h1-13H,14H2/b21-13-. The Labute approximate surface area is 181 Å². The fourth-order valence-corrected chi connectivity index (χ4v) is 3.40. The predicted octanol–water partition coefficient (Wildman–Crippen LogP) is 6.03. The second kappa shape index (κ2) is 8.64. The number of esters is 1. The lowest BCUT2D eigenvalue weighted by Gasteiger charge is -2.07. The van der Waals surface area contributed by atoms with Crippen molar-refractivity contribution in [1.82, 2.24) is 0 Å². The van der Waals surface area contributed by atoms with Crippen LogP contribution in [0.4, 0.5) is 0 Å². The number of halogens is 2. The number of hydrogen-bond donors (Lipinski definition) is 0. The normalized spacial score (nSPS) is 14.6. The maximum atomic E-state index is 12.2. The summed E-state index contributed by atoms with van der Waals surface area (Å²) in [6.07, 6.45) is 1.68. The Morgan fingerprint density at radius 2 is 1.72 bits per heavy atom. The smallest absolute Gasteiger partial charge is 0.363 e. The Balaban J connectivity index is 1.48. The van der Waals surface area contributed by atoms with Crippen LogP contribution in [0.2, 0.25) is 5.02 Å². The van der Waals surface area contributed by atoms with Crippen LogP contribution in [0.25, 0.3) is 6.08 Å². The molecule has 29 heavy (non-hydrogen) atoms. The SMILES string of the molecule is O=C1OC(c2ccccc2Br)=N/C1=C\c1ccc(OCc2ccccc2Cl)cc1. The molecule has 3 aromatic carbocycles. The van der Waals surface area contributed by atoms with E-state index < -0.39 is 5.97 Å². The van der Waals surface area contributed by atoms with Gasteiger partial charge in [-0.2, -0.15) is 0 Å². The first-order valence-corrected chi connectivity index (χ1v) is 10.0. The Morgan fingerprint density at radius 3 is 2.48 bits per heavy atom. The molecule has 1 heterocycles. The number of ether oxygens (including phenoxy) is 2. The number of benzene rings is 3. The van der Waals surface area contributed by atoms with Crippen LogP contribution in [0, 0.1) is 0 Å². The highest BCUT2D eigenvalue weighted by atomic mass is 79.9. The lowest BCUT2D eigenvalue weighted by molar-refractivity contribution is -0.129. The van der Waals surface area contributed by atoms with Crippen molar-refractivity contribution in [3.63, 3.8) is 0 Å². The highest BCUT2D eigenvalue weighted by Crippen LogP contribution is 2.25. The minimum Gasteiger partial charge on any atom is -0.489 e. The van der Waals surface area contributed by atoms with E-state index in [1.165, 1.54) is 0 Å².